The predicted molar refractivity (Wildman–Crippen MR) is 81.9 cm³/mol. The van der Waals surface area contributed by atoms with Crippen LogP contribution in [0, 0.1) is 0 Å². The smallest absolute Gasteiger partial charge is 0.254 e. The van der Waals surface area contributed by atoms with Crippen molar-refractivity contribution in [3.63, 3.8) is 0 Å². The Bertz CT molecular complexity index is 565. The van der Waals surface area contributed by atoms with E-state index in [1.165, 1.54) is 7.11 Å². The number of aliphatic hydroxyl groups excluding tert-OH is 1. The molecule has 118 valence electrons. The van der Waals surface area contributed by atoms with Gasteiger partial charge in [-0.3, -0.25) is 4.79 Å². The molecule has 0 bridgehead atoms. The second-order valence-electron chi connectivity index (χ2n) is 5.24. The molecular weight excluding hydrogens is 282 g/mol. The van der Waals surface area contributed by atoms with Crippen LogP contribution in [0.4, 0.5) is 0 Å². The highest BCUT2D eigenvalue weighted by molar-refractivity contribution is 5.88. The molecule has 1 saturated heterocycles. The van der Waals surface area contributed by atoms with Gasteiger partial charge in [0.1, 0.15) is 12.9 Å². The third-order valence-corrected chi connectivity index (χ3v) is 3.80. The fourth-order valence-corrected chi connectivity index (χ4v) is 2.57. The van der Waals surface area contributed by atoms with E-state index < -0.39 is 18.2 Å². The molecule has 0 unspecified atom stereocenters. The maximum atomic E-state index is 12.0. The number of carbonyl (C=O) groups is 1. The number of ether oxygens (including phenoxy) is 2. The molecule has 0 spiro atoms. The zero-order chi connectivity index (χ0) is 16.1. The lowest BCUT2D eigenvalue weighted by atomic mass is 9.88. The molecule has 1 aromatic rings. The Balaban J connectivity index is 2.18. The summed E-state index contributed by atoms with van der Waals surface area (Å²) < 4.78 is 10.6. The minimum Gasteiger partial charge on any atom is -0.381 e. The number of benzene rings is 1. The fourth-order valence-electron chi connectivity index (χ4n) is 2.57. The summed E-state index contributed by atoms with van der Waals surface area (Å²) in [6.07, 6.45) is -1.57. The minimum absolute atomic E-state index is 0.0697. The number of hydrogen-bond acceptors (Lipinski definition) is 4. The molecule has 1 fully saturated rings. The SMILES string of the molecule is C=C=C(C)[C@@H](OCOC)[C@H]1[C@@H](O)C(=O)N1Cc1ccccc1. The fraction of sp³-hybridized carbons (Fsp3) is 0.412. The van der Waals surface area contributed by atoms with E-state index in [1.54, 1.807) is 4.90 Å². The Kier molecular flexibility index (Phi) is 5.52. The molecule has 1 aliphatic heterocycles. The van der Waals surface area contributed by atoms with Gasteiger partial charge in [0.15, 0.2) is 6.10 Å². The summed E-state index contributed by atoms with van der Waals surface area (Å²) in [7, 11) is 1.52. The van der Waals surface area contributed by atoms with Crippen LogP contribution in [0.3, 0.4) is 0 Å². The molecule has 0 aromatic heterocycles. The molecule has 1 aliphatic rings. The van der Waals surface area contributed by atoms with Crippen LogP contribution < -0.4 is 0 Å². The lowest BCUT2D eigenvalue weighted by Gasteiger charge is -2.48. The van der Waals surface area contributed by atoms with Crippen molar-refractivity contribution in [3.8, 4) is 0 Å². The van der Waals surface area contributed by atoms with Crippen molar-refractivity contribution in [1.29, 1.82) is 0 Å². The highest BCUT2D eigenvalue weighted by Crippen LogP contribution is 2.30. The van der Waals surface area contributed by atoms with Gasteiger partial charge in [-0.2, -0.15) is 0 Å². The topological polar surface area (TPSA) is 59.0 Å². The van der Waals surface area contributed by atoms with Crippen LogP contribution >= 0.6 is 0 Å². The van der Waals surface area contributed by atoms with Gasteiger partial charge < -0.3 is 19.5 Å². The summed E-state index contributed by atoms with van der Waals surface area (Å²) in [5.74, 6) is -0.295. The standard InChI is InChI=1S/C17H21NO4/c1-4-12(2)16(22-11-21-3)14-15(19)17(20)18(14)10-13-8-6-5-7-9-13/h5-9,14-16,19H,1,10-11H2,2-3H3/t14-,15-,16-/m1/s1. The Morgan fingerprint density at radius 2 is 2.14 bits per heavy atom. The van der Waals surface area contributed by atoms with Crippen LogP contribution in [0.5, 0.6) is 0 Å². The van der Waals surface area contributed by atoms with Gasteiger partial charge in [-0.15, -0.1) is 5.73 Å². The van der Waals surface area contributed by atoms with E-state index in [-0.39, 0.29) is 12.7 Å². The van der Waals surface area contributed by atoms with Crippen LogP contribution in [0.25, 0.3) is 0 Å². The number of likely N-dealkylation sites (tertiary alicyclic amines) is 1. The monoisotopic (exact) mass is 303 g/mol. The van der Waals surface area contributed by atoms with E-state index in [0.717, 1.165) is 11.1 Å². The number of hydrogen-bond donors (Lipinski definition) is 1. The Morgan fingerprint density at radius 1 is 1.45 bits per heavy atom. The van der Waals surface area contributed by atoms with Crippen LogP contribution in [0.2, 0.25) is 0 Å². The minimum atomic E-state index is -1.08. The van der Waals surface area contributed by atoms with Crippen molar-refractivity contribution in [3.05, 3.63) is 53.8 Å². The second kappa shape index (κ2) is 7.38. The molecule has 0 aliphatic carbocycles. The first-order valence-corrected chi connectivity index (χ1v) is 7.09. The summed E-state index contributed by atoms with van der Waals surface area (Å²) in [4.78, 5) is 13.6. The average molecular weight is 303 g/mol. The third-order valence-electron chi connectivity index (χ3n) is 3.80. The summed E-state index contributed by atoms with van der Waals surface area (Å²) in [5.41, 5.74) is 4.51. The second-order valence-corrected chi connectivity index (χ2v) is 5.24. The van der Waals surface area contributed by atoms with Crippen LogP contribution in [-0.2, 0) is 20.8 Å². The Hall–Kier alpha value is -1.91. The lowest BCUT2D eigenvalue weighted by Crippen LogP contribution is -2.69. The number of nitrogens with zero attached hydrogens (tertiary/aromatic N) is 1. The lowest BCUT2D eigenvalue weighted by molar-refractivity contribution is -0.185. The molecule has 1 aromatic carbocycles. The van der Waals surface area contributed by atoms with Gasteiger partial charge in [-0.25, -0.2) is 0 Å². The molecule has 1 N–H and O–H groups in total. The molecule has 22 heavy (non-hydrogen) atoms. The third kappa shape index (κ3) is 3.29. The maximum absolute atomic E-state index is 12.0. The quantitative estimate of drug-likeness (QED) is 0.471. The Morgan fingerprint density at radius 3 is 2.73 bits per heavy atom. The van der Waals surface area contributed by atoms with Crippen molar-refractivity contribution in [2.75, 3.05) is 13.9 Å². The summed E-state index contributed by atoms with van der Waals surface area (Å²) >= 11 is 0. The van der Waals surface area contributed by atoms with E-state index in [1.807, 2.05) is 37.3 Å². The number of aliphatic hydroxyl groups is 1. The van der Waals surface area contributed by atoms with E-state index in [0.29, 0.717) is 6.54 Å². The van der Waals surface area contributed by atoms with E-state index in [4.69, 9.17) is 9.47 Å². The molecular formula is C17H21NO4. The van der Waals surface area contributed by atoms with Gasteiger partial charge in [-0.1, -0.05) is 36.9 Å². The van der Waals surface area contributed by atoms with E-state index in [2.05, 4.69) is 12.3 Å². The van der Waals surface area contributed by atoms with Crippen LogP contribution in [0.1, 0.15) is 12.5 Å². The Labute approximate surface area is 130 Å². The first-order valence-electron chi connectivity index (χ1n) is 7.09. The molecule has 2 rings (SSSR count). The molecule has 0 radical (unpaired) electrons. The normalized spacial score (nSPS) is 22.0. The van der Waals surface area contributed by atoms with E-state index >= 15 is 0 Å². The highest BCUT2D eigenvalue weighted by Gasteiger charge is 2.51. The van der Waals surface area contributed by atoms with Crippen LogP contribution in [-0.4, -0.2) is 48.1 Å². The summed E-state index contributed by atoms with van der Waals surface area (Å²) in [6, 6.07) is 9.17. The number of methoxy groups -OCH3 is 1. The van der Waals surface area contributed by atoms with Crippen molar-refractivity contribution in [2.24, 2.45) is 0 Å². The zero-order valence-electron chi connectivity index (χ0n) is 12.9. The summed E-state index contributed by atoms with van der Waals surface area (Å²) in [5, 5.41) is 10.1. The van der Waals surface area contributed by atoms with Crippen molar-refractivity contribution in [1.82, 2.24) is 4.90 Å². The highest BCUT2D eigenvalue weighted by atomic mass is 16.7. The van der Waals surface area contributed by atoms with Gasteiger partial charge in [0.25, 0.3) is 5.91 Å². The molecule has 5 nitrogen and oxygen atoms in total. The van der Waals surface area contributed by atoms with Crippen molar-refractivity contribution in [2.45, 2.75) is 31.7 Å². The van der Waals surface area contributed by atoms with Gasteiger partial charge in [-0.05, 0) is 18.1 Å². The number of amides is 1. The molecule has 1 heterocycles. The molecule has 0 saturated carbocycles. The first-order chi connectivity index (χ1) is 10.6. The van der Waals surface area contributed by atoms with Gasteiger partial charge in [0.05, 0.1) is 6.04 Å². The number of rotatable bonds is 7. The van der Waals surface area contributed by atoms with Gasteiger partial charge >= 0.3 is 0 Å². The predicted octanol–water partition coefficient (Wildman–Crippen LogP) is 1.48. The molecule has 5 heteroatoms. The zero-order valence-corrected chi connectivity index (χ0v) is 12.9. The maximum Gasteiger partial charge on any atom is 0.254 e. The molecule has 3 atom stereocenters. The largest absolute Gasteiger partial charge is 0.381 e. The van der Waals surface area contributed by atoms with Gasteiger partial charge in [0.2, 0.25) is 0 Å². The van der Waals surface area contributed by atoms with Gasteiger partial charge in [0, 0.05) is 13.7 Å². The van der Waals surface area contributed by atoms with Crippen LogP contribution in [0.15, 0.2) is 48.2 Å². The average Bonchev–Trinajstić information content (AvgIpc) is 2.57. The van der Waals surface area contributed by atoms with Crippen molar-refractivity contribution < 1.29 is 19.4 Å². The number of β-lactam (4-membered cyclic amide) rings is 1. The number of carbonyl (C=O) groups excluding carboxylic acids is 1. The van der Waals surface area contributed by atoms with E-state index in [9.17, 15) is 9.90 Å². The molecule has 1 amide bonds. The van der Waals surface area contributed by atoms with Crippen molar-refractivity contribution >= 4 is 5.91 Å². The first kappa shape index (κ1) is 16.5. The summed E-state index contributed by atoms with van der Waals surface area (Å²) in [6.45, 7) is 5.92.